The van der Waals surface area contributed by atoms with Crippen LogP contribution in [0.4, 0.5) is 11.4 Å². The van der Waals surface area contributed by atoms with E-state index < -0.39 is 10.0 Å². The topological polar surface area (TPSA) is 84.9 Å². The van der Waals surface area contributed by atoms with Crippen molar-refractivity contribution in [1.82, 2.24) is 0 Å². The van der Waals surface area contributed by atoms with Gasteiger partial charge in [-0.05, 0) is 49.7 Å². The molecular formula is C22H28N2O5S. The van der Waals surface area contributed by atoms with Crippen LogP contribution in [0.25, 0.3) is 0 Å². The van der Waals surface area contributed by atoms with Crippen molar-refractivity contribution in [2.45, 2.75) is 19.8 Å². The minimum atomic E-state index is -3.48. The fraction of sp³-hybridized carbons (Fsp3) is 0.318. The number of benzene rings is 2. The minimum absolute atomic E-state index is 0.181. The quantitative estimate of drug-likeness (QED) is 0.515. The Balaban J connectivity index is 1.93. The first kappa shape index (κ1) is 23.3. The summed E-state index contributed by atoms with van der Waals surface area (Å²) in [6.07, 6.45) is 3.35. The third-order valence-corrected chi connectivity index (χ3v) is 5.28. The van der Waals surface area contributed by atoms with E-state index in [4.69, 9.17) is 9.47 Å². The molecule has 0 saturated heterocycles. The van der Waals surface area contributed by atoms with Crippen molar-refractivity contribution in [2.75, 3.05) is 35.6 Å². The summed E-state index contributed by atoms with van der Waals surface area (Å²) in [5, 5.41) is 2.80. The van der Waals surface area contributed by atoms with Gasteiger partial charge in [0.1, 0.15) is 18.1 Å². The monoisotopic (exact) mass is 432 g/mol. The molecule has 0 atom stereocenters. The van der Waals surface area contributed by atoms with Crippen LogP contribution in [0.2, 0.25) is 0 Å². The number of carbonyl (C=O) groups is 1. The second-order valence-electron chi connectivity index (χ2n) is 6.54. The number of rotatable bonds is 12. The Morgan fingerprint density at radius 3 is 2.50 bits per heavy atom. The lowest BCUT2D eigenvalue weighted by molar-refractivity contribution is -0.116. The molecule has 1 amide bonds. The number of nitrogens with zero attached hydrogens (tertiary/aromatic N) is 1. The molecule has 0 bridgehead atoms. The molecule has 162 valence electrons. The van der Waals surface area contributed by atoms with Crippen molar-refractivity contribution in [1.29, 1.82) is 0 Å². The first-order chi connectivity index (χ1) is 14.3. The summed E-state index contributed by atoms with van der Waals surface area (Å²) in [7, 11) is -3.48. The first-order valence-corrected chi connectivity index (χ1v) is 11.5. The molecule has 0 saturated carbocycles. The number of sulfonamides is 1. The van der Waals surface area contributed by atoms with Gasteiger partial charge in [0, 0.05) is 24.7 Å². The standard InChI is InChI=1S/C22H28N2O5S/c1-4-16-29-21-9-6-8-18(17-21)23-22(25)10-7-15-24(30(3,26)27)19-11-13-20(14-12-19)28-5-2/h4,6,8-9,11-14,17H,1,5,7,10,15-16H2,2-3H3,(H,23,25). The maximum Gasteiger partial charge on any atom is 0.232 e. The summed E-state index contributed by atoms with van der Waals surface area (Å²) in [5.41, 5.74) is 1.15. The second-order valence-corrected chi connectivity index (χ2v) is 8.45. The summed E-state index contributed by atoms with van der Waals surface area (Å²) < 4.78 is 36.5. The van der Waals surface area contributed by atoms with Crippen LogP contribution in [0, 0.1) is 0 Å². The number of amides is 1. The van der Waals surface area contributed by atoms with Gasteiger partial charge in [-0.15, -0.1) is 0 Å². The molecule has 2 aromatic rings. The Morgan fingerprint density at radius 2 is 1.87 bits per heavy atom. The zero-order valence-corrected chi connectivity index (χ0v) is 18.2. The van der Waals surface area contributed by atoms with Gasteiger partial charge in [-0.1, -0.05) is 18.7 Å². The first-order valence-electron chi connectivity index (χ1n) is 9.67. The van der Waals surface area contributed by atoms with E-state index in [0.717, 1.165) is 6.26 Å². The Bertz CT molecular complexity index is 942. The zero-order valence-electron chi connectivity index (χ0n) is 17.3. The summed E-state index contributed by atoms with van der Waals surface area (Å²) in [6, 6.07) is 13.9. The van der Waals surface area contributed by atoms with Gasteiger partial charge in [0.2, 0.25) is 15.9 Å². The number of hydrogen-bond acceptors (Lipinski definition) is 5. The van der Waals surface area contributed by atoms with E-state index in [1.54, 1.807) is 54.6 Å². The largest absolute Gasteiger partial charge is 0.494 e. The maximum absolute atomic E-state index is 12.3. The van der Waals surface area contributed by atoms with E-state index in [-0.39, 0.29) is 18.9 Å². The molecule has 2 aromatic carbocycles. The van der Waals surface area contributed by atoms with Crippen molar-refractivity contribution in [3.05, 3.63) is 61.2 Å². The number of anilines is 2. The van der Waals surface area contributed by atoms with Crippen LogP contribution in [0.1, 0.15) is 19.8 Å². The van der Waals surface area contributed by atoms with Gasteiger partial charge < -0.3 is 14.8 Å². The van der Waals surface area contributed by atoms with Crippen LogP contribution in [0.15, 0.2) is 61.2 Å². The highest BCUT2D eigenvalue weighted by Gasteiger charge is 2.17. The van der Waals surface area contributed by atoms with Gasteiger partial charge in [0.25, 0.3) is 0 Å². The molecule has 0 fully saturated rings. The van der Waals surface area contributed by atoms with E-state index in [0.29, 0.717) is 42.5 Å². The van der Waals surface area contributed by atoms with Gasteiger partial charge in [-0.25, -0.2) is 8.42 Å². The number of nitrogens with one attached hydrogen (secondary N) is 1. The summed E-state index contributed by atoms with van der Waals surface area (Å²) in [6.45, 7) is 6.59. The molecule has 0 aliphatic carbocycles. The minimum Gasteiger partial charge on any atom is -0.494 e. The molecular weight excluding hydrogens is 404 g/mol. The Kier molecular flexibility index (Phi) is 8.73. The van der Waals surface area contributed by atoms with E-state index in [2.05, 4.69) is 11.9 Å². The highest BCUT2D eigenvalue weighted by Crippen LogP contribution is 2.22. The van der Waals surface area contributed by atoms with Crippen molar-refractivity contribution in [3.8, 4) is 11.5 Å². The molecule has 2 rings (SSSR count). The fourth-order valence-corrected chi connectivity index (χ4v) is 3.75. The number of ether oxygens (including phenoxy) is 2. The molecule has 7 nitrogen and oxygen atoms in total. The van der Waals surface area contributed by atoms with Crippen LogP contribution < -0.4 is 19.1 Å². The Morgan fingerprint density at radius 1 is 1.13 bits per heavy atom. The highest BCUT2D eigenvalue weighted by atomic mass is 32.2. The number of carbonyl (C=O) groups excluding carboxylic acids is 1. The molecule has 0 aliphatic heterocycles. The molecule has 0 aromatic heterocycles. The van der Waals surface area contributed by atoms with E-state index in [9.17, 15) is 13.2 Å². The van der Waals surface area contributed by atoms with E-state index >= 15 is 0 Å². The molecule has 0 aliphatic rings. The maximum atomic E-state index is 12.3. The summed E-state index contributed by atoms with van der Waals surface area (Å²) >= 11 is 0. The molecule has 0 radical (unpaired) electrons. The van der Waals surface area contributed by atoms with Gasteiger partial charge >= 0.3 is 0 Å². The predicted molar refractivity (Wildman–Crippen MR) is 120 cm³/mol. The third-order valence-electron chi connectivity index (χ3n) is 4.09. The van der Waals surface area contributed by atoms with Gasteiger partial charge in [-0.3, -0.25) is 9.10 Å². The molecule has 0 unspecified atom stereocenters. The lowest BCUT2D eigenvalue weighted by Gasteiger charge is -2.22. The van der Waals surface area contributed by atoms with Gasteiger partial charge in [0.15, 0.2) is 0 Å². The predicted octanol–water partition coefficient (Wildman–Crippen LogP) is 3.84. The van der Waals surface area contributed by atoms with Crippen molar-refractivity contribution < 1.29 is 22.7 Å². The molecule has 0 spiro atoms. The van der Waals surface area contributed by atoms with Crippen LogP contribution in [-0.2, 0) is 14.8 Å². The normalized spacial score (nSPS) is 10.9. The molecule has 1 N–H and O–H groups in total. The smallest absolute Gasteiger partial charge is 0.232 e. The third kappa shape index (κ3) is 7.44. The molecule has 30 heavy (non-hydrogen) atoms. The average molecular weight is 433 g/mol. The Labute approximate surface area is 178 Å². The Hall–Kier alpha value is -3.00. The second kappa shape index (κ2) is 11.3. The van der Waals surface area contributed by atoms with Crippen LogP contribution >= 0.6 is 0 Å². The van der Waals surface area contributed by atoms with Crippen LogP contribution in [0.3, 0.4) is 0 Å². The van der Waals surface area contributed by atoms with E-state index in [1.807, 2.05) is 6.92 Å². The molecule has 0 heterocycles. The van der Waals surface area contributed by atoms with Crippen LogP contribution in [-0.4, -0.2) is 40.3 Å². The summed E-state index contributed by atoms with van der Waals surface area (Å²) in [5.74, 6) is 1.11. The average Bonchev–Trinajstić information content (AvgIpc) is 2.70. The molecule has 8 heteroatoms. The van der Waals surface area contributed by atoms with Crippen molar-refractivity contribution in [3.63, 3.8) is 0 Å². The van der Waals surface area contributed by atoms with Crippen molar-refractivity contribution in [2.24, 2.45) is 0 Å². The lowest BCUT2D eigenvalue weighted by atomic mass is 10.2. The van der Waals surface area contributed by atoms with Gasteiger partial charge in [0.05, 0.1) is 18.6 Å². The van der Waals surface area contributed by atoms with E-state index in [1.165, 1.54) is 4.31 Å². The summed E-state index contributed by atoms with van der Waals surface area (Å²) in [4.78, 5) is 12.3. The zero-order chi connectivity index (χ0) is 22.0. The highest BCUT2D eigenvalue weighted by molar-refractivity contribution is 7.92. The van der Waals surface area contributed by atoms with Crippen LogP contribution in [0.5, 0.6) is 11.5 Å². The fourth-order valence-electron chi connectivity index (χ4n) is 2.79. The number of hydrogen-bond donors (Lipinski definition) is 1. The SMILES string of the molecule is C=CCOc1cccc(NC(=O)CCCN(c2ccc(OCC)cc2)S(C)(=O)=O)c1. The van der Waals surface area contributed by atoms with Gasteiger partial charge in [-0.2, -0.15) is 0 Å². The van der Waals surface area contributed by atoms with Crippen molar-refractivity contribution >= 4 is 27.3 Å². The lowest BCUT2D eigenvalue weighted by Crippen LogP contribution is -2.31.